The van der Waals surface area contributed by atoms with Crippen LogP contribution in [0.4, 0.5) is 0 Å². The second-order valence-electron chi connectivity index (χ2n) is 6.00. The molecule has 1 aliphatic rings. The number of aromatic amines is 1. The van der Waals surface area contributed by atoms with Gasteiger partial charge in [0.25, 0.3) is 11.5 Å². The molecule has 1 aromatic heterocycles. The molecule has 1 N–H and O–H groups in total. The topological polar surface area (TPSA) is 84.5 Å². The number of aryl methyl sites for hydroxylation is 1. The molecule has 3 rings (SSSR count). The maximum atomic E-state index is 12.5. The highest BCUT2D eigenvalue weighted by molar-refractivity contribution is 5.93. The van der Waals surface area contributed by atoms with Gasteiger partial charge in [-0.2, -0.15) is 0 Å². The van der Waals surface area contributed by atoms with Crippen LogP contribution in [-0.2, 0) is 0 Å². The van der Waals surface area contributed by atoms with Gasteiger partial charge < -0.3 is 19.4 Å². The zero-order valence-corrected chi connectivity index (χ0v) is 14.3. The van der Waals surface area contributed by atoms with E-state index in [9.17, 15) is 9.59 Å². The minimum atomic E-state index is -0.394. The quantitative estimate of drug-likeness (QED) is 0.914. The maximum absolute atomic E-state index is 12.5. The maximum Gasteiger partial charge on any atom is 0.263 e. The number of rotatable bonds is 4. The third-order valence-corrected chi connectivity index (χ3v) is 4.25. The summed E-state index contributed by atoms with van der Waals surface area (Å²) < 4.78 is 11.1. The average Bonchev–Trinajstić information content (AvgIpc) is 2.62. The van der Waals surface area contributed by atoms with Crippen molar-refractivity contribution in [3.63, 3.8) is 0 Å². The fourth-order valence-electron chi connectivity index (χ4n) is 2.83. The van der Waals surface area contributed by atoms with Gasteiger partial charge in [-0.15, -0.1) is 0 Å². The van der Waals surface area contributed by atoms with Gasteiger partial charge in [0.05, 0.1) is 7.11 Å². The molecule has 0 unspecified atom stereocenters. The molecule has 7 heteroatoms. The van der Waals surface area contributed by atoms with Gasteiger partial charge in [0.1, 0.15) is 29.0 Å². The normalized spacial score (nSPS) is 15.0. The zero-order chi connectivity index (χ0) is 17.8. The number of benzene rings is 1. The second kappa shape index (κ2) is 7.38. The summed E-state index contributed by atoms with van der Waals surface area (Å²) >= 11 is 0. The predicted molar refractivity (Wildman–Crippen MR) is 92.1 cm³/mol. The van der Waals surface area contributed by atoms with Crippen molar-refractivity contribution in [1.82, 2.24) is 14.9 Å². The Morgan fingerprint density at radius 1 is 1.20 bits per heavy atom. The highest BCUT2D eigenvalue weighted by atomic mass is 16.5. The Kier molecular flexibility index (Phi) is 5.02. The average molecular weight is 343 g/mol. The van der Waals surface area contributed by atoms with Gasteiger partial charge in [-0.1, -0.05) is 0 Å². The molecule has 0 atom stereocenters. The Labute approximate surface area is 145 Å². The van der Waals surface area contributed by atoms with Crippen LogP contribution in [0.15, 0.2) is 35.3 Å². The van der Waals surface area contributed by atoms with Crippen molar-refractivity contribution < 1.29 is 14.3 Å². The number of aromatic nitrogens is 2. The molecule has 2 heterocycles. The van der Waals surface area contributed by atoms with Crippen molar-refractivity contribution in [3.8, 4) is 11.5 Å². The first-order valence-electron chi connectivity index (χ1n) is 8.22. The smallest absolute Gasteiger partial charge is 0.263 e. The lowest BCUT2D eigenvalue weighted by molar-refractivity contribution is 0.0593. The lowest BCUT2D eigenvalue weighted by atomic mass is 10.1. The van der Waals surface area contributed by atoms with E-state index in [4.69, 9.17) is 9.47 Å². The molecule has 1 fully saturated rings. The van der Waals surface area contributed by atoms with E-state index in [2.05, 4.69) is 9.97 Å². The predicted octanol–water partition coefficient (Wildman–Crippen LogP) is 1.77. The first-order chi connectivity index (χ1) is 12.1. The number of methoxy groups -OCH3 is 1. The highest BCUT2D eigenvalue weighted by Crippen LogP contribution is 2.22. The van der Waals surface area contributed by atoms with Gasteiger partial charge in [0.15, 0.2) is 0 Å². The number of ether oxygens (including phenoxy) is 2. The summed E-state index contributed by atoms with van der Waals surface area (Å²) in [7, 11) is 1.62. The van der Waals surface area contributed by atoms with E-state index in [0.29, 0.717) is 18.9 Å². The highest BCUT2D eigenvalue weighted by Gasteiger charge is 2.26. The minimum absolute atomic E-state index is 0.0480. The Bertz CT molecular complexity index is 793. The number of hydrogen-bond acceptors (Lipinski definition) is 5. The molecule has 1 aromatic carbocycles. The van der Waals surface area contributed by atoms with Crippen LogP contribution < -0.4 is 15.0 Å². The van der Waals surface area contributed by atoms with Crippen LogP contribution in [0, 0.1) is 6.92 Å². The minimum Gasteiger partial charge on any atom is -0.497 e. The SMILES string of the molecule is COc1ccc(OC2CCN(C(=O)c3cnc(C)[nH]c3=O)CC2)cc1. The third-order valence-electron chi connectivity index (χ3n) is 4.25. The number of likely N-dealkylation sites (tertiary alicyclic amines) is 1. The lowest BCUT2D eigenvalue weighted by Crippen LogP contribution is -2.43. The van der Waals surface area contributed by atoms with Gasteiger partial charge in [0, 0.05) is 32.1 Å². The number of H-pyrrole nitrogens is 1. The van der Waals surface area contributed by atoms with Crippen LogP contribution in [0.25, 0.3) is 0 Å². The molecule has 0 radical (unpaired) electrons. The summed E-state index contributed by atoms with van der Waals surface area (Å²) in [5.41, 5.74) is -0.311. The summed E-state index contributed by atoms with van der Waals surface area (Å²) in [6, 6.07) is 7.44. The third kappa shape index (κ3) is 3.99. The number of piperidine rings is 1. The first kappa shape index (κ1) is 17.0. The number of carbonyl (C=O) groups is 1. The fraction of sp³-hybridized carbons (Fsp3) is 0.389. The molecular weight excluding hydrogens is 322 g/mol. The number of hydrogen-bond donors (Lipinski definition) is 1. The molecule has 1 saturated heterocycles. The Morgan fingerprint density at radius 2 is 1.84 bits per heavy atom. The Morgan fingerprint density at radius 3 is 2.44 bits per heavy atom. The van der Waals surface area contributed by atoms with E-state index in [0.717, 1.165) is 24.3 Å². The molecule has 132 valence electrons. The van der Waals surface area contributed by atoms with Gasteiger partial charge >= 0.3 is 0 Å². The molecular formula is C18H21N3O4. The van der Waals surface area contributed by atoms with Crippen LogP contribution in [0.2, 0.25) is 0 Å². The zero-order valence-electron chi connectivity index (χ0n) is 14.3. The molecule has 25 heavy (non-hydrogen) atoms. The van der Waals surface area contributed by atoms with Gasteiger partial charge in [0.2, 0.25) is 0 Å². The molecule has 0 spiro atoms. The summed E-state index contributed by atoms with van der Waals surface area (Å²) in [5, 5.41) is 0. The molecule has 1 aliphatic heterocycles. The van der Waals surface area contributed by atoms with E-state index < -0.39 is 5.56 Å². The van der Waals surface area contributed by atoms with Crippen molar-refractivity contribution in [1.29, 1.82) is 0 Å². The van der Waals surface area contributed by atoms with Gasteiger partial charge in [-0.3, -0.25) is 9.59 Å². The van der Waals surface area contributed by atoms with Crippen LogP contribution in [0.3, 0.4) is 0 Å². The molecule has 0 saturated carbocycles. The second-order valence-corrected chi connectivity index (χ2v) is 6.00. The van der Waals surface area contributed by atoms with E-state index in [-0.39, 0.29) is 17.6 Å². The number of nitrogens with zero attached hydrogens (tertiary/aromatic N) is 2. The van der Waals surface area contributed by atoms with E-state index in [1.165, 1.54) is 6.20 Å². The first-order valence-corrected chi connectivity index (χ1v) is 8.22. The van der Waals surface area contributed by atoms with Crippen molar-refractivity contribution in [2.45, 2.75) is 25.9 Å². The van der Waals surface area contributed by atoms with Gasteiger partial charge in [-0.25, -0.2) is 4.98 Å². The summed E-state index contributed by atoms with van der Waals surface area (Å²) in [6.07, 6.45) is 2.83. The van der Waals surface area contributed by atoms with Crippen molar-refractivity contribution >= 4 is 5.91 Å². The van der Waals surface area contributed by atoms with Crippen LogP contribution in [0.5, 0.6) is 11.5 Å². The standard InChI is InChI=1S/C18H21N3O4/c1-12-19-11-16(17(22)20-12)18(23)21-9-7-15(8-10-21)25-14-5-3-13(24-2)4-6-14/h3-6,11,15H,7-10H2,1-2H3,(H,19,20,22). The number of nitrogens with one attached hydrogen (secondary N) is 1. The van der Waals surface area contributed by atoms with E-state index in [1.54, 1.807) is 18.9 Å². The van der Waals surface area contributed by atoms with Crippen LogP contribution in [0.1, 0.15) is 29.0 Å². The fourth-order valence-corrected chi connectivity index (χ4v) is 2.83. The van der Waals surface area contributed by atoms with E-state index in [1.807, 2.05) is 24.3 Å². The molecule has 1 amide bonds. The largest absolute Gasteiger partial charge is 0.497 e. The lowest BCUT2D eigenvalue weighted by Gasteiger charge is -2.32. The Hall–Kier alpha value is -2.83. The van der Waals surface area contributed by atoms with Crippen molar-refractivity contribution in [3.05, 3.63) is 52.2 Å². The molecule has 7 nitrogen and oxygen atoms in total. The van der Waals surface area contributed by atoms with Gasteiger partial charge in [-0.05, 0) is 31.2 Å². The van der Waals surface area contributed by atoms with E-state index >= 15 is 0 Å². The van der Waals surface area contributed by atoms with Crippen LogP contribution >= 0.6 is 0 Å². The Balaban J connectivity index is 1.57. The summed E-state index contributed by atoms with van der Waals surface area (Å²) in [6.45, 7) is 2.78. The monoisotopic (exact) mass is 343 g/mol. The summed E-state index contributed by atoms with van der Waals surface area (Å²) in [4.78, 5) is 32.6. The molecule has 0 bridgehead atoms. The number of amides is 1. The van der Waals surface area contributed by atoms with Crippen LogP contribution in [-0.4, -0.2) is 47.1 Å². The van der Waals surface area contributed by atoms with Crippen molar-refractivity contribution in [2.75, 3.05) is 20.2 Å². The molecule has 0 aliphatic carbocycles. The molecule has 2 aromatic rings. The number of carbonyl (C=O) groups excluding carboxylic acids is 1. The van der Waals surface area contributed by atoms with Crippen molar-refractivity contribution in [2.24, 2.45) is 0 Å². The summed E-state index contributed by atoms with van der Waals surface area (Å²) in [5.74, 6) is 1.78.